The van der Waals surface area contributed by atoms with Gasteiger partial charge < -0.3 is 29.2 Å². The van der Waals surface area contributed by atoms with Gasteiger partial charge in [0.25, 0.3) is 5.56 Å². The molecule has 6 rings (SSSR count). The minimum absolute atomic E-state index is 0.0200. The van der Waals surface area contributed by atoms with Crippen molar-refractivity contribution < 1.29 is 33.7 Å². The Morgan fingerprint density at radius 2 is 2.08 bits per heavy atom. The number of aryl methyl sites for hydroxylation is 1. The quantitative estimate of drug-likeness (QED) is 0.275. The number of hydrogen-bond acceptors (Lipinski definition) is 8. The maximum atomic E-state index is 15.1. The molecule has 2 atom stereocenters. The van der Waals surface area contributed by atoms with E-state index in [0.29, 0.717) is 35.3 Å². The van der Waals surface area contributed by atoms with E-state index in [9.17, 15) is 19.5 Å². The van der Waals surface area contributed by atoms with Gasteiger partial charge in [0.05, 0.1) is 48.3 Å². The summed E-state index contributed by atoms with van der Waals surface area (Å²) in [4.78, 5) is 45.7. The smallest absolute Gasteiger partial charge is 0.343 e. The molecule has 0 bridgehead atoms. The number of cyclic esters (lactones) is 1. The van der Waals surface area contributed by atoms with Crippen molar-refractivity contribution in [1.82, 2.24) is 14.5 Å². The van der Waals surface area contributed by atoms with Gasteiger partial charge in [-0.15, -0.1) is 0 Å². The molecule has 1 amide bonds. The number of rotatable bonds is 6. The summed E-state index contributed by atoms with van der Waals surface area (Å²) in [5.41, 5.74) is 2.26. The zero-order chi connectivity index (χ0) is 28.5. The molecule has 0 saturated carbocycles. The van der Waals surface area contributed by atoms with Gasteiger partial charge in [0.2, 0.25) is 5.91 Å². The summed E-state index contributed by atoms with van der Waals surface area (Å²) >= 11 is 0. The lowest BCUT2D eigenvalue weighted by atomic mass is 9.81. The van der Waals surface area contributed by atoms with Crippen LogP contribution in [0.3, 0.4) is 0 Å². The number of amides is 1. The van der Waals surface area contributed by atoms with Crippen LogP contribution in [-0.4, -0.2) is 63.4 Å². The highest BCUT2D eigenvalue weighted by molar-refractivity contribution is 5.94. The van der Waals surface area contributed by atoms with Crippen LogP contribution in [-0.2, 0) is 44.2 Å². The van der Waals surface area contributed by atoms with E-state index in [1.54, 1.807) is 36.4 Å². The minimum Gasteiger partial charge on any atom is -0.458 e. The van der Waals surface area contributed by atoms with E-state index in [1.165, 1.54) is 6.07 Å². The third-order valence-corrected chi connectivity index (χ3v) is 8.67. The topological polar surface area (TPSA) is 131 Å². The van der Waals surface area contributed by atoms with Crippen molar-refractivity contribution in [1.29, 1.82) is 0 Å². The number of carbonyl (C=O) groups is 2. The molecule has 4 heterocycles. The Kier molecular flexibility index (Phi) is 6.28. The highest BCUT2D eigenvalue weighted by atomic mass is 19.1. The second kappa shape index (κ2) is 9.46. The van der Waals surface area contributed by atoms with Gasteiger partial charge in [-0.1, -0.05) is 6.92 Å². The van der Waals surface area contributed by atoms with Crippen LogP contribution in [0, 0.1) is 12.7 Å². The molecule has 0 radical (unpaired) electrons. The lowest BCUT2D eigenvalue weighted by molar-refractivity contribution is -0.172. The molecule has 2 aromatic heterocycles. The van der Waals surface area contributed by atoms with Crippen molar-refractivity contribution in [2.45, 2.75) is 57.9 Å². The van der Waals surface area contributed by atoms with Gasteiger partial charge in [-0.2, -0.15) is 0 Å². The number of aliphatic hydroxyl groups excluding tert-OH is 1. The second-order valence-corrected chi connectivity index (χ2v) is 10.6. The Bertz CT molecular complexity index is 1670. The monoisotopic (exact) mass is 551 g/mol. The van der Waals surface area contributed by atoms with E-state index in [0.717, 1.165) is 22.1 Å². The molecule has 2 aliphatic heterocycles. The van der Waals surface area contributed by atoms with Crippen molar-refractivity contribution in [2.24, 2.45) is 0 Å². The van der Waals surface area contributed by atoms with Crippen LogP contribution >= 0.6 is 0 Å². The maximum Gasteiger partial charge on any atom is 0.343 e. The summed E-state index contributed by atoms with van der Waals surface area (Å²) in [6.07, 6.45) is 1.09. The average Bonchev–Trinajstić information content (AvgIpc) is 3.32. The van der Waals surface area contributed by atoms with Crippen molar-refractivity contribution in [2.75, 3.05) is 26.9 Å². The van der Waals surface area contributed by atoms with E-state index in [2.05, 4.69) is 0 Å². The number of benzene rings is 1. The number of halogens is 1. The third-order valence-electron chi connectivity index (χ3n) is 8.67. The number of carbonyl (C=O) groups excluding carboxylic acids is 2. The SMILES string of the molecule is CC[C@@]1(O)C(=O)OCc2c1cc1n(c2=O)Cc2c-1nc1cc(F)c(C)c3c1c2[C@@H](N(C)C(=O)COCCO)CC3. The van der Waals surface area contributed by atoms with E-state index < -0.39 is 17.1 Å². The molecule has 10 nitrogen and oxygen atoms in total. The van der Waals surface area contributed by atoms with Gasteiger partial charge in [-0.25, -0.2) is 14.2 Å². The van der Waals surface area contributed by atoms with Crippen LogP contribution < -0.4 is 5.56 Å². The van der Waals surface area contributed by atoms with Crippen molar-refractivity contribution in [3.8, 4) is 11.4 Å². The highest BCUT2D eigenvalue weighted by Gasteiger charge is 2.46. The summed E-state index contributed by atoms with van der Waals surface area (Å²) in [6, 6.07) is 2.61. The zero-order valence-corrected chi connectivity index (χ0v) is 22.5. The normalized spacial score (nSPS) is 20.6. The van der Waals surface area contributed by atoms with E-state index in [4.69, 9.17) is 19.6 Å². The molecule has 1 aliphatic carbocycles. The van der Waals surface area contributed by atoms with Crippen LogP contribution in [0.25, 0.3) is 22.3 Å². The van der Waals surface area contributed by atoms with Gasteiger partial charge in [0, 0.05) is 29.6 Å². The number of fused-ring (bicyclic) bond motifs is 5. The second-order valence-electron chi connectivity index (χ2n) is 10.6. The molecule has 0 unspecified atom stereocenters. The Hall–Kier alpha value is -3.67. The number of pyridine rings is 2. The standard InChI is InChI=1S/C29H30FN3O7/c1-4-29(38)18-9-22-26-16(11-33(22)27(36)17(18)12-40-28(29)37)25-21(32(3)23(35)13-39-8-7-34)6-5-15-14(2)19(30)10-20(31-26)24(15)25/h9-10,21,34,38H,4-8,11-13H2,1-3H3/t21-,29-/m0/s1. The summed E-state index contributed by atoms with van der Waals surface area (Å²) < 4.78 is 27.0. The van der Waals surface area contributed by atoms with E-state index in [-0.39, 0.29) is 68.3 Å². The molecular weight excluding hydrogens is 521 g/mol. The minimum atomic E-state index is -1.96. The molecule has 210 valence electrons. The number of hydrogen-bond donors (Lipinski definition) is 2. The number of nitrogens with zero attached hydrogens (tertiary/aromatic N) is 3. The Morgan fingerprint density at radius 1 is 1.30 bits per heavy atom. The summed E-state index contributed by atoms with van der Waals surface area (Å²) in [7, 11) is 1.69. The first kappa shape index (κ1) is 26.5. The molecule has 0 saturated heterocycles. The number of ether oxygens (including phenoxy) is 2. The molecule has 0 spiro atoms. The third kappa shape index (κ3) is 3.64. The number of aromatic nitrogens is 2. The highest BCUT2D eigenvalue weighted by Crippen LogP contribution is 2.47. The van der Waals surface area contributed by atoms with Crippen LogP contribution in [0.1, 0.15) is 59.2 Å². The van der Waals surface area contributed by atoms with Crippen molar-refractivity contribution >= 4 is 22.8 Å². The van der Waals surface area contributed by atoms with Crippen LogP contribution in [0.2, 0.25) is 0 Å². The van der Waals surface area contributed by atoms with Gasteiger partial charge in [-0.3, -0.25) is 9.59 Å². The fourth-order valence-corrected chi connectivity index (χ4v) is 6.42. The van der Waals surface area contributed by atoms with Gasteiger partial charge in [-0.05, 0) is 48.9 Å². The van der Waals surface area contributed by atoms with Crippen molar-refractivity contribution in [3.05, 3.63) is 61.7 Å². The molecule has 2 N–H and O–H groups in total. The average molecular weight is 552 g/mol. The molecule has 3 aliphatic rings. The molecule has 3 aromatic rings. The first-order valence-electron chi connectivity index (χ1n) is 13.4. The molecular formula is C29H30FN3O7. The Balaban J connectivity index is 1.58. The lowest BCUT2D eigenvalue weighted by Gasteiger charge is -2.35. The predicted molar refractivity (Wildman–Crippen MR) is 141 cm³/mol. The van der Waals surface area contributed by atoms with Crippen LogP contribution in [0.15, 0.2) is 16.9 Å². The zero-order valence-electron chi connectivity index (χ0n) is 22.5. The van der Waals surface area contributed by atoms with E-state index >= 15 is 4.39 Å². The predicted octanol–water partition coefficient (Wildman–Crippen LogP) is 1.98. The van der Waals surface area contributed by atoms with E-state index in [1.807, 2.05) is 0 Å². The fourth-order valence-electron chi connectivity index (χ4n) is 6.42. The first-order valence-corrected chi connectivity index (χ1v) is 13.4. The Morgan fingerprint density at radius 3 is 2.80 bits per heavy atom. The summed E-state index contributed by atoms with van der Waals surface area (Å²) in [5.74, 6) is -1.46. The van der Waals surface area contributed by atoms with Crippen LogP contribution in [0.5, 0.6) is 0 Å². The summed E-state index contributed by atoms with van der Waals surface area (Å²) in [6.45, 7) is 2.95. The maximum absolute atomic E-state index is 15.1. The summed E-state index contributed by atoms with van der Waals surface area (Å²) in [5, 5.41) is 21.0. The first-order chi connectivity index (χ1) is 19.1. The molecule has 1 aromatic carbocycles. The van der Waals surface area contributed by atoms with Gasteiger partial charge in [0.15, 0.2) is 5.60 Å². The van der Waals surface area contributed by atoms with Crippen LogP contribution in [0.4, 0.5) is 4.39 Å². The number of aliphatic hydroxyl groups is 2. The lowest BCUT2D eigenvalue weighted by Crippen LogP contribution is -2.44. The van der Waals surface area contributed by atoms with Gasteiger partial charge in [0.1, 0.15) is 19.0 Å². The van der Waals surface area contributed by atoms with Gasteiger partial charge >= 0.3 is 5.97 Å². The molecule has 40 heavy (non-hydrogen) atoms. The number of likely N-dealkylation sites (N-methyl/N-ethyl adjacent to an activating group) is 1. The fraction of sp³-hybridized carbons (Fsp3) is 0.448. The van der Waals surface area contributed by atoms with Crippen molar-refractivity contribution in [3.63, 3.8) is 0 Å². The molecule has 11 heteroatoms. The molecule has 0 fully saturated rings. The largest absolute Gasteiger partial charge is 0.458 e. The Labute approximate surface area is 229 Å². The number of esters is 1.